The smallest absolute Gasteiger partial charge is 0.241 e. The minimum absolute atomic E-state index is 0.0156. The molecule has 39 heavy (non-hydrogen) atoms. The monoisotopic (exact) mass is 587 g/mol. The summed E-state index contributed by atoms with van der Waals surface area (Å²) in [6.45, 7) is 6.16. The molecule has 9 heteroatoms. The number of hydrogen-bond donors (Lipinski definition) is 3. The van der Waals surface area contributed by atoms with Gasteiger partial charge in [0, 0.05) is 13.0 Å². The van der Waals surface area contributed by atoms with Crippen molar-refractivity contribution in [2.75, 3.05) is 6.54 Å². The van der Waals surface area contributed by atoms with Crippen LogP contribution in [0.25, 0.3) is 0 Å². The van der Waals surface area contributed by atoms with Crippen LogP contribution in [0.15, 0.2) is 71.6 Å². The van der Waals surface area contributed by atoms with Gasteiger partial charge in [0.2, 0.25) is 15.9 Å². The highest BCUT2D eigenvalue weighted by Gasteiger charge is 2.27. The largest absolute Gasteiger partial charge is 0.349 e. The Balaban J connectivity index is 1.48. The number of nitrogens with one attached hydrogen (secondary N) is 3. The Hall–Kier alpha value is -2.42. The van der Waals surface area contributed by atoms with E-state index in [1.165, 1.54) is 29.3 Å². The van der Waals surface area contributed by atoms with Crippen molar-refractivity contribution in [3.05, 3.63) is 99.0 Å². The molecule has 2 atom stereocenters. The van der Waals surface area contributed by atoms with E-state index in [0.717, 1.165) is 37.9 Å². The Labute approximate surface area is 241 Å². The number of benzene rings is 3. The van der Waals surface area contributed by atoms with Gasteiger partial charge in [-0.2, -0.15) is 0 Å². The predicted molar refractivity (Wildman–Crippen MR) is 157 cm³/mol. The minimum atomic E-state index is -3.97. The molecule has 0 saturated heterocycles. The summed E-state index contributed by atoms with van der Waals surface area (Å²) >= 11 is 12.0. The van der Waals surface area contributed by atoms with Crippen LogP contribution in [-0.4, -0.2) is 20.9 Å². The lowest BCUT2D eigenvalue weighted by Crippen LogP contribution is -2.36. The first-order chi connectivity index (χ1) is 18.6. The lowest BCUT2D eigenvalue weighted by molar-refractivity contribution is -0.122. The van der Waals surface area contributed by atoms with E-state index in [-0.39, 0.29) is 33.3 Å². The maximum Gasteiger partial charge on any atom is 0.241 e. The fourth-order valence-electron chi connectivity index (χ4n) is 4.88. The Morgan fingerprint density at radius 3 is 2.49 bits per heavy atom. The molecule has 4 rings (SSSR count). The van der Waals surface area contributed by atoms with Crippen molar-refractivity contribution in [3.63, 3.8) is 0 Å². The third-order valence-corrected chi connectivity index (χ3v) is 9.04. The van der Waals surface area contributed by atoms with Crippen molar-refractivity contribution in [1.82, 2.24) is 15.4 Å². The third kappa shape index (κ3) is 8.05. The molecular weight excluding hydrogens is 553 g/mol. The first-order valence-electron chi connectivity index (χ1n) is 13.3. The molecule has 3 N–H and O–H groups in total. The molecule has 6 nitrogen and oxygen atoms in total. The van der Waals surface area contributed by atoms with Crippen LogP contribution >= 0.6 is 23.2 Å². The molecule has 0 fully saturated rings. The average Bonchev–Trinajstić information content (AvgIpc) is 2.90. The molecule has 0 unspecified atom stereocenters. The second-order valence-corrected chi connectivity index (χ2v) is 13.0. The number of hydrogen-bond acceptors (Lipinski definition) is 4. The first kappa shape index (κ1) is 29.6. The van der Waals surface area contributed by atoms with Gasteiger partial charge in [0.05, 0.1) is 27.0 Å². The van der Waals surface area contributed by atoms with Crippen LogP contribution in [0.4, 0.5) is 0 Å². The second kappa shape index (κ2) is 13.3. The van der Waals surface area contributed by atoms with Gasteiger partial charge in [0.15, 0.2) is 0 Å². The van der Waals surface area contributed by atoms with Crippen LogP contribution in [0.3, 0.4) is 0 Å². The van der Waals surface area contributed by atoms with Crippen molar-refractivity contribution < 1.29 is 13.2 Å². The molecule has 0 saturated carbocycles. The van der Waals surface area contributed by atoms with Crippen LogP contribution < -0.4 is 15.4 Å². The second-order valence-electron chi connectivity index (χ2n) is 10.4. The van der Waals surface area contributed by atoms with E-state index < -0.39 is 16.1 Å². The van der Waals surface area contributed by atoms with Crippen molar-refractivity contribution in [2.24, 2.45) is 5.92 Å². The van der Waals surface area contributed by atoms with Gasteiger partial charge in [-0.3, -0.25) is 4.79 Å². The normalized spacial score (nSPS) is 16.1. The fourth-order valence-corrected chi connectivity index (χ4v) is 6.50. The highest BCUT2D eigenvalue weighted by atomic mass is 35.5. The van der Waals surface area contributed by atoms with Crippen LogP contribution in [0, 0.1) is 5.92 Å². The standard InChI is InChI=1S/C30H35Cl2N3O3S/c1-20(2)18-33-19-21-11-13-25-23(15-21)9-6-10-28(25)34-30(36)17-29(22-7-4-3-5-8-22)35-39(37,38)24-12-14-26(31)27(32)16-24/h3-5,7-8,11-16,20,28-29,33,35H,6,9-10,17-19H2,1-2H3,(H,34,36)/t28-,29-/m1/s1. The number of carbonyl (C=O) groups is 1. The molecule has 0 radical (unpaired) electrons. The summed E-state index contributed by atoms with van der Waals surface area (Å²) in [7, 11) is -3.97. The van der Waals surface area contributed by atoms with Gasteiger partial charge in [0.25, 0.3) is 0 Å². The molecule has 0 aliphatic heterocycles. The van der Waals surface area contributed by atoms with Gasteiger partial charge in [-0.25, -0.2) is 13.1 Å². The lowest BCUT2D eigenvalue weighted by atomic mass is 9.86. The van der Waals surface area contributed by atoms with Crippen LogP contribution in [-0.2, 0) is 27.8 Å². The zero-order valence-corrected chi connectivity index (χ0v) is 24.5. The highest BCUT2D eigenvalue weighted by molar-refractivity contribution is 7.89. The Morgan fingerprint density at radius 1 is 1.00 bits per heavy atom. The highest BCUT2D eigenvalue weighted by Crippen LogP contribution is 2.31. The number of carbonyl (C=O) groups excluding carboxylic acids is 1. The van der Waals surface area contributed by atoms with Gasteiger partial charge >= 0.3 is 0 Å². The number of halogens is 2. The zero-order chi connectivity index (χ0) is 28.0. The van der Waals surface area contributed by atoms with Gasteiger partial charge in [-0.15, -0.1) is 0 Å². The summed E-state index contributed by atoms with van der Waals surface area (Å²) in [5, 5.41) is 7.06. The summed E-state index contributed by atoms with van der Waals surface area (Å²) in [6, 6.07) is 18.8. The maximum atomic E-state index is 13.3. The van der Waals surface area contributed by atoms with Crippen LogP contribution in [0.1, 0.15) is 67.4 Å². The molecule has 3 aromatic rings. The Kier molecular flexibility index (Phi) is 10.1. The molecule has 208 valence electrons. The molecule has 0 aromatic heterocycles. The van der Waals surface area contributed by atoms with Crippen molar-refractivity contribution in [1.29, 1.82) is 0 Å². The van der Waals surface area contributed by atoms with E-state index in [9.17, 15) is 13.2 Å². The fraction of sp³-hybridized carbons (Fsp3) is 0.367. The molecule has 0 bridgehead atoms. The topological polar surface area (TPSA) is 87.3 Å². The van der Waals surface area contributed by atoms with Gasteiger partial charge in [-0.05, 0) is 72.2 Å². The summed E-state index contributed by atoms with van der Waals surface area (Å²) < 4.78 is 29.1. The van der Waals surface area contributed by atoms with Gasteiger partial charge < -0.3 is 10.6 Å². The Bertz CT molecular complexity index is 1400. The number of aryl methyl sites for hydroxylation is 1. The quantitative estimate of drug-likeness (QED) is 0.244. The molecule has 1 amide bonds. The average molecular weight is 589 g/mol. The van der Waals surface area contributed by atoms with Gasteiger partial charge in [-0.1, -0.05) is 85.6 Å². The van der Waals surface area contributed by atoms with E-state index in [4.69, 9.17) is 23.2 Å². The van der Waals surface area contributed by atoms with E-state index in [2.05, 4.69) is 47.4 Å². The molecule has 1 aliphatic carbocycles. The summed E-state index contributed by atoms with van der Waals surface area (Å²) in [5.74, 6) is 0.372. The number of sulfonamides is 1. The van der Waals surface area contributed by atoms with Crippen LogP contribution in [0.5, 0.6) is 0 Å². The number of amides is 1. The summed E-state index contributed by atoms with van der Waals surface area (Å²) in [4.78, 5) is 13.3. The molecular formula is C30H35Cl2N3O3S. The molecule has 3 aromatic carbocycles. The predicted octanol–water partition coefficient (Wildman–Crippen LogP) is 6.34. The van der Waals surface area contributed by atoms with Crippen molar-refractivity contribution >= 4 is 39.1 Å². The van der Waals surface area contributed by atoms with Gasteiger partial charge in [0.1, 0.15) is 0 Å². The molecule has 0 heterocycles. The van der Waals surface area contributed by atoms with E-state index in [1.807, 2.05) is 18.2 Å². The SMILES string of the molecule is CC(C)CNCc1ccc2c(c1)CCC[C@H]2NC(=O)C[C@@H](NS(=O)(=O)c1ccc(Cl)c(Cl)c1)c1ccccc1. The van der Waals surface area contributed by atoms with E-state index in [0.29, 0.717) is 11.5 Å². The lowest BCUT2D eigenvalue weighted by Gasteiger charge is -2.28. The molecule has 1 aliphatic rings. The van der Waals surface area contributed by atoms with Crippen molar-refractivity contribution in [3.8, 4) is 0 Å². The van der Waals surface area contributed by atoms with E-state index in [1.54, 1.807) is 12.1 Å². The van der Waals surface area contributed by atoms with E-state index >= 15 is 0 Å². The third-order valence-electron chi connectivity index (χ3n) is 6.83. The summed E-state index contributed by atoms with van der Waals surface area (Å²) in [6.07, 6.45) is 2.75. The number of rotatable bonds is 11. The Morgan fingerprint density at radius 2 is 1.77 bits per heavy atom. The minimum Gasteiger partial charge on any atom is -0.349 e. The van der Waals surface area contributed by atoms with Crippen molar-refractivity contribution in [2.45, 2.75) is 63.1 Å². The first-order valence-corrected chi connectivity index (χ1v) is 15.5. The van der Waals surface area contributed by atoms with Crippen LogP contribution in [0.2, 0.25) is 10.0 Å². The summed E-state index contributed by atoms with van der Waals surface area (Å²) in [5.41, 5.74) is 4.33. The zero-order valence-electron chi connectivity index (χ0n) is 22.2. The maximum absolute atomic E-state index is 13.3. The number of fused-ring (bicyclic) bond motifs is 1. The molecule has 0 spiro atoms.